The zero-order valence-electron chi connectivity index (χ0n) is 11.8. The van der Waals surface area contributed by atoms with Crippen LogP contribution in [0.5, 0.6) is 0 Å². The number of carbonyl (C=O) groups is 1. The van der Waals surface area contributed by atoms with Crippen LogP contribution in [-0.2, 0) is 11.2 Å². The second-order valence-electron chi connectivity index (χ2n) is 5.26. The lowest BCUT2D eigenvalue weighted by Gasteiger charge is -2.13. The lowest BCUT2D eigenvalue weighted by molar-refractivity contribution is -0.121. The van der Waals surface area contributed by atoms with Crippen LogP contribution in [0.3, 0.4) is 0 Å². The standard InChI is InChI=1S/C15H24N2O2/c1-12(2)10-14(18)11-17-15(19)8-5-7-13-6-3-4-9-16-13/h3-4,6,9,12,14,18H,5,7-8,10-11H2,1-2H3,(H,17,19). The topological polar surface area (TPSA) is 62.2 Å². The third-order valence-electron chi connectivity index (χ3n) is 2.84. The van der Waals surface area contributed by atoms with Crippen LogP contribution in [0.2, 0.25) is 0 Å². The van der Waals surface area contributed by atoms with Crippen LogP contribution in [-0.4, -0.2) is 28.6 Å². The van der Waals surface area contributed by atoms with E-state index in [1.807, 2.05) is 18.2 Å². The van der Waals surface area contributed by atoms with Crippen molar-refractivity contribution in [3.63, 3.8) is 0 Å². The first-order valence-corrected chi connectivity index (χ1v) is 6.92. The van der Waals surface area contributed by atoms with Gasteiger partial charge in [-0.15, -0.1) is 0 Å². The van der Waals surface area contributed by atoms with Crippen LogP contribution < -0.4 is 5.32 Å². The maximum atomic E-state index is 11.6. The van der Waals surface area contributed by atoms with E-state index in [1.165, 1.54) is 0 Å². The van der Waals surface area contributed by atoms with Crippen molar-refractivity contribution in [1.29, 1.82) is 0 Å². The second-order valence-corrected chi connectivity index (χ2v) is 5.26. The Balaban J connectivity index is 2.11. The first kappa shape index (κ1) is 15.6. The maximum Gasteiger partial charge on any atom is 0.220 e. The monoisotopic (exact) mass is 264 g/mol. The molecule has 0 saturated heterocycles. The van der Waals surface area contributed by atoms with Gasteiger partial charge in [0.1, 0.15) is 0 Å². The summed E-state index contributed by atoms with van der Waals surface area (Å²) in [5.41, 5.74) is 1.01. The van der Waals surface area contributed by atoms with Gasteiger partial charge in [-0.25, -0.2) is 0 Å². The number of aryl methyl sites for hydroxylation is 1. The Hall–Kier alpha value is -1.42. The fourth-order valence-electron chi connectivity index (χ4n) is 1.92. The highest BCUT2D eigenvalue weighted by Crippen LogP contribution is 2.04. The number of amides is 1. The summed E-state index contributed by atoms with van der Waals surface area (Å²) in [4.78, 5) is 15.8. The van der Waals surface area contributed by atoms with Gasteiger partial charge in [0.05, 0.1) is 6.10 Å². The van der Waals surface area contributed by atoms with Gasteiger partial charge in [0.25, 0.3) is 0 Å². The molecule has 1 aromatic rings. The summed E-state index contributed by atoms with van der Waals surface area (Å²) < 4.78 is 0. The molecule has 0 aliphatic heterocycles. The molecule has 1 unspecified atom stereocenters. The Morgan fingerprint density at radius 1 is 1.42 bits per heavy atom. The highest BCUT2D eigenvalue weighted by atomic mass is 16.3. The van der Waals surface area contributed by atoms with Crippen molar-refractivity contribution in [2.24, 2.45) is 5.92 Å². The molecule has 0 aliphatic rings. The van der Waals surface area contributed by atoms with Gasteiger partial charge >= 0.3 is 0 Å². The SMILES string of the molecule is CC(C)CC(O)CNC(=O)CCCc1ccccn1. The largest absolute Gasteiger partial charge is 0.391 e. The minimum Gasteiger partial charge on any atom is -0.391 e. The summed E-state index contributed by atoms with van der Waals surface area (Å²) >= 11 is 0. The molecule has 2 N–H and O–H groups in total. The fourth-order valence-corrected chi connectivity index (χ4v) is 1.92. The van der Waals surface area contributed by atoms with E-state index in [-0.39, 0.29) is 5.91 Å². The molecule has 0 aliphatic carbocycles. The average Bonchev–Trinajstić information content (AvgIpc) is 2.37. The number of hydrogen-bond donors (Lipinski definition) is 2. The number of pyridine rings is 1. The van der Waals surface area contributed by atoms with E-state index in [1.54, 1.807) is 6.20 Å². The first-order valence-electron chi connectivity index (χ1n) is 6.92. The van der Waals surface area contributed by atoms with Gasteiger partial charge < -0.3 is 10.4 Å². The molecule has 0 radical (unpaired) electrons. The van der Waals surface area contributed by atoms with E-state index >= 15 is 0 Å². The van der Waals surface area contributed by atoms with Gasteiger partial charge in [0, 0.05) is 24.9 Å². The molecule has 0 spiro atoms. The molecule has 4 nitrogen and oxygen atoms in total. The van der Waals surface area contributed by atoms with Crippen LogP contribution in [0, 0.1) is 5.92 Å². The zero-order chi connectivity index (χ0) is 14.1. The molecular weight excluding hydrogens is 240 g/mol. The Bertz CT molecular complexity index is 366. The number of aliphatic hydroxyl groups excluding tert-OH is 1. The Morgan fingerprint density at radius 2 is 2.21 bits per heavy atom. The van der Waals surface area contributed by atoms with Crippen molar-refractivity contribution in [3.8, 4) is 0 Å². The van der Waals surface area contributed by atoms with Crippen molar-refractivity contribution >= 4 is 5.91 Å². The molecule has 1 atom stereocenters. The zero-order valence-corrected chi connectivity index (χ0v) is 11.8. The molecule has 0 aromatic carbocycles. The molecule has 1 rings (SSSR count). The first-order chi connectivity index (χ1) is 9.08. The Morgan fingerprint density at radius 3 is 2.84 bits per heavy atom. The van der Waals surface area contributed by atoms with Crippen molar-refractivity contribution < 1.29 is 9.90 Å². The molecule has 1 heterocycles. The number of aliphatic hydroxyl groups is 1. The highest BCUT2D eigenvalue weighted by molar-refractivity contribution is 5.75. The Kier molecular flexibility index (Phi) is 7.11. The quantitative estimate of drug-likeness (QED) is 0.754. The van der Waals surface area contributed by atoms with Crippen molar-refractivity contribution in [2.75, 3.05) is 6.54 Å². The molecule has 0 fully saturated rings. The van der Waals surface area contributed by atoms with Gasteiger partial charge in [-0.05, 0) is 37.3 Å². The number of carbonyl (C=O) groups excluding carboxylic acids is 1. The lowest BCUT2D eigenvalue weighted by atomic mass is 10.1. The summed E-state index contributed by atoms with van der Waals surface area (Å²) in [5.74, 6) is 0.440. The summed E-state index contributed by atoms with van der Waals surface area (Å²) in [6.07, 6.45) is 4.10. The summed E-state index contributed by atoms with van der Waals surface area (Å²) in [6, 6.07) is 5.79. The predicted octanol–water partition coefficient (Wildman–Crippen LogP) is 1.93. The van der Waals surface area contributed by atoms with E-state index in [0.717, 1.165) is 18.5 Å². The third kappa shape index (κ3) is 7.57. The average molecular weight is 264 g/mol. The van der Waals surface area contributed by atoms with E-state index in [9.17, 15) is 9.90 Å². The lowest BCUT2D eigenvalue weighted by Crippen LogP contribution is -2.32. The van der Waals surface area contributed by atoms with Crippen molar-refractivity contribution in [2.45, 2.75) is 45.6 Å². The van der Waals surface area contributed by atoms with Crippen LogP contribution in [0.1, 0.15) is 38.8 Å². The van der Waals surface area contributed by atoms with Gasteiger partial charge in [-0.3, -0.25) is 9.78 Å². The van der Waals surface area contributed by atoms with Crippen molar-refractivity contribution in [3.05, 3.63) is 30.1 Å². The number of hydrogen-bond acceptors (Lipinski definition) is 3. The van der Waals surface area contributed by atoms with Crippen molar-refractivity contribution in [1.82, 2.24) is 10.3 Å². The minimum absolute atomic E-state index is 0.00117. The molecule has 4 heteroatoms. The van der Waals surface area contributed by atoms with E-state index < -0.39 is 6.10 Å². The molecule has 0 bridgehead atoms. The van der Waals surface area contributed by atoms with Crippen LogP contribution in [0.25, 0.3) is 0 Å². The Labute approximate surface area is 115 Å². The normalized spacial score (nSPS) is 12.4. The molecule has 19 heavy (non-hydrogen) atoms. The highest BCUT2D eigenvalue weighted by Gasteiger charge is 2.08. The molecule has 1 amide bonds. The maximum absolute atomic E-state index is 11.6. The third-order valence-corrected chi connectivity index (χ3v) is 2.84. The number of nitrogens with one attached hydrogen (secondary N) is 1. The fraction of sp³-hybridized carbons (Fsp3) is 0.600. The van der Waals surface area contributed by atoms with E-state index in [0.29, 0.717) is 25.3 Å². The molecule has 0 saturated carbocycles. The number of nitrogens with zero attached hydrogens (tertiary/aromatic N) is 1. The van der Waals surface area contributed by atoms with Crippen LogP contribution in [0.4, 0.5) is 0 Å². The van der Waals surface area contributed by atoms with Gasteiger partial charge in [-0.2, -0.15) is 0 Å². The molecule has 106 valence electrons. The van der Waals surface area contributed by atoms with Gasteiger partial charge in [0.2, 0.25) is 5.91 Å². The molecular formula is C15H24N2O2. The number of aromatic nitrogens is 1. The predicted molar refractivity (Wildman–Crippen MR) is 75.6 cm³/mol. The second kappa shape index (κ2) is 8.64. The van der Waals surface area contributed by atoms with E-state index in [4.69, 9.17) is 0 Å². The van der Waals surface area contributed by atoms with Crippen LogP contribution >= 0.6 is 0 Å². The summed E-state index contributed by atoms with van der Waals surface area (Å²) in [6.45, 7) is 4.45. The minimum atomic E-state index is -0.445. The van der Waals surface area contributed by atoms with E-state index in [2.05, 4.69) is 24.1 Å². The van der Waals surface area contributed by atoms with Gasteiger partial charge in [0.15, 0.2) is 0 Å². The smallest absolute Gasteiger partial charge is 0.220 e. The number of rotatable bonds is 8. The summed E-state index contributed by atoms with van der Waals surface area (Å²) in [7, 11) is 0. The van der Waals surface area contributed by atoms with Crippen LogP contribution in [0.15, 0.2) is 24.4 Å². The molecule has 1 aromatic heterocycles. The summed E-state index contributed by atoms with van der Waals surface area (Å²) in [5, 5.41) is 12.4. The van der Waals surface area contributed by atoms with Gasteiger partial charge in [-0.1, -0.05) is 19.9 Å².